The fourth-order valence-electron chi connectivity index (χ4n) is 2.26. The number of furan rings is 1. The minimum absolute atomic E-state index is 0.0960. The molecule has 2 amide bonds. The Morgan fingerprint density at radius 3 is 2.52 bits per heavy atom. The Morgan fingerprint density at radius 1 is 1.13 bits per heavy atom. The first kappa shape index (κ1) is 17.1. The maximum atomic E-state index is 12.1. The van der Waals surface area contributed by atoms with E-state index >= 15 is 0 Å². The van der Waals surface area contributed by atoms with Gasteiger partial charge in [0.1, 0.15) is 5.76 Å². The summed E-state index contributed by atoms with van der Waals surface area (Å²) in [4.78, 5) is 15.9. The van der Waals surface area contributed by atoms with Gasteiger partial charge in [0.05, 0.1) is 12.8 Å². The Labute approximate surface area is 137 Å². The maximum absolute atomic E-state index is 12.1. The number of benzene rings is 1. The van der Waals surface area contributed by atoms with E-state index in [4.69, 9.17) is 4.42 Å². The number of carbonyl (C=O) groups is 1. The molecule has 0 aliphatic heterocycles. The summed E-state index contributed by atoms with van der Waals surface area (Å²) in [7, 11) is 3.83. The van der Waals surface area contributed by atoms with E-state index in [9.17, 15) is 4.79 Å². The third-order valence-electron chi connectivity index (χ3n) is 3.90. The highest BCUT2D eigenvalue weighted by Gasteiger charge is 2.14. The molecule has 1 atom stereocenters. The van der Waals surface area contributed by atoms with Crippen molar-refractivity contribution in [2.24, 2.45) is 0 Å². The highest BCUT2D eigenvalue weighted by molar-refractivity contribution is 5.73. The van der Waals surface area contributed by atoms with Crippen molar-refractivity contribution >= 4 is 6.03 Å². The molecule has 0 saturated heterocycles. The van der Waals surface area contributed by atoms with Crippen LogP contribution in [-0.2, 0) is 13.1 Å². The van der Waals surface area contributed by atoms with Crippen molar-refractivity contribution in [2.75, 3.05) is 20.6 Å². The molecule has 0 spiro atoms. The van der Waals surface area contributed by atoms with Crippen LogP contribution in [0, 0.1) is 0 Å². The number of carbonyl (C=O) groups excluding carboxylic acids is 1. The zero-order valence-electron chi connectivity index (χ0n) is 14.0. The molecule has 2 aromatic rings. The van der Waals surface area contributed by atoms with E-state index < -0.39 is 0 Å². The lowest BCUT2D eigenvalue weighted by molar-refractivity contribution is 0.193. The summed E-state index contributed by atoms with van der Waals surface area (Å²) in [5, 5.41) is 2.96. The standard InChI is InChI=1S/C18H25N3O2/c1-15(20(2)13-16-8-5-4-6-9-16)12-19-18(22)21(3)14-17-10-7-11-23-17/h4-11,15H,12-14H2,1-3H3,(H,19,22)/t15-/m1/s1. The van der Waals surface area contributed by atoms with Crippen molar-refractivity contribution in [1.82, 2.24) is 15.1 Å². The Bertz CT molecular complexity index is 584. The van der Waals surface area contributed by atoms with Gasteiger partial charge in [0.25, 0.3) is 0 Å². The highest BCUT2D eigenvalue weighted by Crippen LogP contribution is 2.06. The Kier molecular flexibility index (Phi) is 6.23. The molecule has 0 radical (unpaired) electrons. The molecule has 1 heterocycles. The van der Waals surface area contributed by atoms with Gasteiger partial charge in [0.2, 0.25) is 0 Å². The summed E-state index contributed by atoms with van der Waals surface area (Å²) < 4.78 is 5.25. The van der Waals surface area contributed by atoms with Gasteiger partial charge in [-0.25, -0.2) is 4.79 Å². The molecule has 0 aliphatic carbocycles. The SMILES string of the molecule is C[C@H](CNC(=O)N(C)Cc1ccco1)N(C)Cc1ccccc1. The van der Waals surface area contributed by atoms with Crippen LogP contribution in [0.1, 0.15) is 18.2 Å². The number of hydrogen-bond acceptors (Lipinski definition) is 3. The molecule has 0 bridgehead atoms. The fourth-order valence-corrected chi connectivity index (χ4v) is 2.26. The lowest BCUT2D eigenvalue weighted by atomic mass is 10.2. The Morgan fingerprint density at radius 2 is 1.87 bits per heavy atom. The molecule has 0 aliphatic rings. The molecule has 1 aromatic carbocycles. The van der Waals surface area contributed by atoms with E-state index in [1.54, 1.807) is 18.2 Å². The molecule has 23 heavy (non-hydrogen) atoms. The van der Waals surface area contributed by atoms with Gasteiger partial charge >= 0.3 is 6.03 Å². The molecule has 0 saturated carbocycles. The average Bonchev–Trinajstić information content (AvgIpc) is 3.06. The summed E-state index contributed by atoms with van der Waals surface area (Å²) in [6, 6.07) is 14.2. The van der Waals surface area contributed by atoms with Crippen LogP contribution in [0.5, 0.6) is 0 Å². The smallest absolute Gasteiger partial charge is 0.317 e. The highest BCUT2D eigenvalue weighted by atomic mass is 16.3. The van der Waals surface area contributed by atoms with Gasteiger partial charge in [-0.2, -0.15) is 0 Å². The zero-order chi connectivity index (χ0) is 16.7. The van der Waals surface area contributed by atoms with Gasteiger partial charge in [0, 0.05) is 26.2 Å². The third-order valence-corrected chi connectivity index (χ3v) is 3.90. The first-order chi connectivity index (χ1) is 11.1. The second kappa shape index (κ2) is 8.39. The molecule has 1 N–H and O–H groups in total. The van der Waals surface area contributed by atoms with Crippen LogP contribution in [0.3, 0.4) is 0 Å². The molecule has 1 aromatic heterocycles. The fraction of sp³-hybridized carbons (Fsp3) is 0.389. The summed E-state index contributed by atoms with van der Waals surface area (Å²) in [6.45, 7) is 4.04. The van der Waals surface area contributed by atoms with E-state index in [0.717, 1.165) is 12.3 Å². The largest absolute Gasteiger partial charge is 0.467 e. The summed E-state index contributed by atoms with van der Waals surface area (Å²) >= 11 is 0. The summed E-state index contributed by atoms with van der Waals surface area (Å²) in [6.07, 6.45) is 1.61. The van der Waals surface area contributed by atoms with Gasteiger partial charge in [-0.1, -0.05) is 30.3 Å². The van der Waals surface area contributed by atoms with E-state index in [0.29, 0.717) is 13.1 Å². The van der Waals surface area contributed by atoms with Crippen molar-refractivity contribution in [3.05, 3.63) is 60.1 Å². The number of hydrogen-bond donors (Lipinski definition) is 1. The zero-order valence-corrected chi connectivity index (χ0v) is 14.0. The number of nitrogens with zero attached hydrogens (tertiary/aromatic N) is 2. The number of nitrogens with one attached hydrogen (secondary N) is 1. The normalized spacial score (nSPS) is 12.2. The summed E-state index contributed by atoms with van der Waals surface area (Å²) in [5.74, 6) is 0.775. The number of amides is 2. The predicted octanol–water partition coefficient (Wildman–Crippen LogP) is 2.94. The molecule has 124 valence electrons. The minimum atomic E-state index is -0.0960. The average molecular weight is 315 g/mol. The molecule has 2 rings (SSSR count). The van der Waals surface area contributed by atoms with Crippen molar-refractivity contribution in [3.63, 3.8) is 0 Å². The predicted molar refractivity (Wildman–Crippen MR) is 90.9 cm³/mol. The first-order valence-electron chi connectivity index (χ1n) is 7.81. The molecular weight excluding hydrogens is 290 g/mol. The quantitative estimate of drug-likeness (QED) is 0.854. The number of urea groups is 1. The van der Waals surface area contributed by atoms with Crippen LogP contribution in [-0.4, -0.2) is 42.5 Å². The van der Waals surface area contributed by atoms with Gasteiger partial charge in [-0.15, -0.1) is 0 Å². The maximum Gasteiger partial charge on any atom is 0.317 e. The molecule has 0 unspecified atom stereocenters. The van der Waals surface area contributed by atoms with Gasteiger partial charge < -0.3 is 14.6 Å². The number of likely N-dealkylation sites (N-methyl/N-ethyl adjacent to an activating group) is 1. The molecule has 5 nitrogen and oxygen atoms in total. The van der Waals surface area contributed by atoms with Crippen molar-refractivity contribution < 1.29 is 9.21 Å². The van der Waals surface area contributed by atoms with Gasteiger partial charge in [-0.3, -0.25) is 4.90 Å². The van der Waals surface area contributed by atoms with Crippen LogP contribution in [0.15, 0.2) is 53.1 Å². The van der Waals surface area contributed by atoms with Crippen LogP contribution in [0.25, 0.3) is 0 Å². The van der Waals surface area contributed by atoms with Crippen LogP contribution < -0.4 is 5.32 Å². The molecule has 5 heteroatoms. The molecular formula is C18H25N3O2. The van der Waals surface area contributed by atoms with Gasteiger partial charge in [-0.05, 0) is 31.7 Å². The second-order valence-electron chi connectivity index (χ2n) is 5.87. The summed E-state index contributed by atoms with van der Waals surface area (Å²) in [5.41, 5.74) is 1.27. The van der Waals surface area contributed by atoms with Gasteiger partial charge in [0.15, 0.2) is 0 Å². The first-order valence-corrected chi connectivity index (χ1v) is 7.81. The second-order valence-corrected chi connectivity index (χ2v) is 5.87. The monoisotopic (exact) mass is 315 g/mol. The van der Waals surface area contributed by atoms with Crippen molar-refractivity contribution in [3.8, 4) is 0 Å². The van der Waals surface area contributed by atoms with Crippen LogP contribution >= 0.6 is 0 Å². The Hall–Kier alpha value is -2.27. The van der Waals surface area contributed by atoms with Crippen molar-refractivity contribution in [1.29, 1.82) is 0 Å². The van der Waals surface area contributed by atoms with E-state index in [2.05, 4.69) is 36.3 Å². The Balaban J connectivity index is 1.74. The number of rotatable bonds is 7. The molecule has 0 fully saturated rings. The van der Waals surface area contributed by atoms with Crippen molar-refractivity contribution in [2.45, 2.75) is 26.1 Å². The van der Waals surface area contributed by atoms with E-state index in [-0.39, 0.29) is 12.1 Å². The van der Waals surface area contributed by atoms with Crippen LogP contribution in [0.2, 0.25) is 0 Å². The van der Waals surface area contributed by atoms with E-state index in [1.165, 1.54) is 5.56 Å². The lowest BCUT2D eigenvalue weighted by Gasteiger charge is -2.26. The van der Waals surface area contributed by atoms with Crippen LogP contribution in [0.4, 0.5) is 4.79 Å². The third kappa shape index (κ3) is 5.45. The van der Waals surface area contributed by atoms with E-state index in [1.807, 2.05) is 30.3 Å². The topological polar surface area (TPSA) is 48.7 Å². The lowest BCUT2D eigenvalue weighted by Crippen LogP contribution is -2.44. The minimum Gasteiger partial charge on any atom is -0.467 e.